The summed E-state index contributed by atoms with van der Waals surface area (Å²) < 4.78 is 62.3. The number of benzene rings is 2. The summed E-state index contributed by atoms with van der Waals surface area (Å²) in [5.41, 5.74) is -2.68. The fourth-order valence-corrected chi connectivity index (χ4v) is 4.32. The van der Waals surface area contributed by atoms with Gasteiger partial charge in [0.25, 0.3) is 5.60 Å². The Morgan fingerprint density at radius 2 is 1.29 bits per heavy atom. The molecule has 0 fully saturated rings. The third-order valence-electron chi connectivity index (χ3n) is 6.30. The highest BCUT2D eigenvalue weighted by Gasteiger charge is 2.64. The summed E-state index contributed by atoms with van der Waals surface area (Å²) in [4.78, 5) is 37.7. The van der Waals surface area contributed by atoms with Crippen LogP contribution in [0.5, 0.6) is 0 Å². The Hall–Kier alpha value is -3.40. The molecule has 208 valence electrons. The van der Waals surface area contributed by atoms with Gasteiger partial charge < -0.3 is 18.9 Å². The number of esters is 3. The van der Waals surface area contributed by atoms with E-state index in [1.807, 2.05) is 0 Å². The maximum Gasteiger partial charge on any atom is 0.432 e. The van der Waals surface area contributed by atoms with Gasteiger partial charge in [-0.25, -0.2) is 4.79 Å². The molecule has 10 heteroatoms. The van der Waals surface area contributed by atoms with Gasteiger partial charge in [-0.1, -0.05) is 68.4 Å². The Bertz CT molecular complexity index is 1050. The molecule has 0 aliphatic heterocycles. The maximum atomic E-state index is 14.1. The predicted molar refractivity (Wildman–Crippen MR) is 132 cm³/mol. The lowest BCUT2D eigenvalue weighted by atomic mass is 9.78. The lowest BCUT2D eigenvalue weighted by molar-refractivity contribution is -0.276. The number of hydrogen-bond acceptors (Lipinski definition) is 7. The van der Waals surface area contributed by atoms with Gasteiger partial charge in [0.2, 0.25) is 0 Å². The van der Waals surface area contributed by atoms with E-state index < -0.39 is 59.6 Å². The van der Waals surface area contributed by atoms with E-state index in [0.29, 0.717) is 11.1 Å². The minimum Gasteiger partial charge on any atom is -0.466 e. The van der Waals surface area contributed by atoms with Gasteiger partial charge >= 0.3 is 24.1 Å². The highest BCUT2D eigenvalue weighted by Crippen LogP contribution is 2.43. The van der Waals surface area contributed by atoms with Crippen LogP contribution in [0.15, 0.2) is 54.6 Å². The highest BCUT2D eigenvalue weighted by atomic mass is 19.4. The summed E-state index contributed by atoms with van der Waals surface area (Å²) in [5, 5.41) is 0. The Morgan fingerprint density at radius 1 is 0.789 bits per heavy atom. The number of rotatable bonds is 12. The first-order valence-corrected chi connectivity index (χ1v) is 12.2. The van der Waals surface area contributed by atoms with Crippen molar-refractivity contribution in [3.8, 4) is 0 Å². The van der Waals surface area contributed by atoms with Crippen molar-refractivity contribution in [2.24, 2.45) is 11.8 Å². The van der Waals surface area contributed by atoms with E-state index in [1.165, 1.54) is 18.2 Å². The summed E-state index contributed by atoms with van der Waals surface area (Å²) in [6, 6.07) is 12.9. The number of carbonyl (C=O) groups is 3. The van der Waals surface area contributed by atoms with Crippen LogP contribution in [-0.4, -0.2) is 44.4 Å². The Morgan fingerprint density at radius 3 is 1.71 bits per heavy atom. The van der Waals surface area contributed by atoms with Gasteiger partial charge in [0, 0.05) is 18.6 Å². The van der Waals surface area contributed by atoms with Crippen molar-refractivity contribution >= 4 is 17.9 Å². The predicted octanol–water partition coefficient (Wildman–Crippen LogP) is 5.32. The van der Waals surface area contributed by atoms with Crippen LogP contribution in [0, 0.1) is 11.8 Å². The topological polar surface area (TPSA) is 88.1 Å². The molecule has 0 saturated carbocycles. The molecule has 0 N–H and O–H groups in total. The van der Waals surface area contributed by atoms with Crippen molar-refractivity contribution in [3.05, 3.63) is 71.3 Å². The van der Waals surface area contributed by atoms with E-state index in [0.717, 1.165) is 19.2 Å². The maximum absolute atomic E-state index is 14.1. The number of methoxy groups -OCH3 is 1. The molecule has 0 aliphatic carbocycles. The van der Waals surface area contributed by atoms with Crippen LogP contribution >= 0.6 is 0 Å². The molecule has 38 heavy (non-hydrogen) atoms. The molecule has 3 unspecified atom stereocenters. The van der Waals surface area contributed by atoms with Crippen LogP contribution in [0.25, 0.3) is 0 Å². The zero-order valence-electron chi connectivity index (χ0n) is 22.0. The number of ether oxygens (including phenoxy) is 4. The minimum absolute atomic E-state index is 0.178. The van der Waals surface area contributed by atoms with E-state index in [-0.39, 0.29) is 13.2 Å². The molecule has 0 saturated heterocycles. The second kappa shape index (κ2) is 13.4. The van der Waals surface area contributed by atoms with Crippen LogP contribution in [0.4, 0.5) is 13.2 Å². The van der Waals surface area contributed by atoms with Crippen LogP contribution in [0.3, 0.4) is 0 Å². The van der Waals surface area contributed by atoms with Crippen molar-refractivity contribution in [3.63, 3.8) is 0 Å². The van der Waals surface area contributed by atoms with Gasteiger partial charge in [-0.15, -0.1) is 0 Å². The Kier molecular flexibility index (Phi) is 10.9. The molecular weight excluding hydrogens is 505 g/mol. The van der Waals surface area contributed by atoms with E-state index in [9.17, 15) is 27.6 Å². The van der Waals surface area contributed by atoms with Gasteiger partial charge in [-0.05, 0) is 25.0 Å². The van der Waals surface area contributed by atoms with Crippen molar-refractivity contribution in [2.75, 3.05) is 20.3 Å². The van der Waals surface area contributed by atoms with Crippen LogP contribution in [0.1, 0.15) is 50.3 Å². The zero-order valence-corrected chi connectivity index (χ0v) is 22.0. The molecule has 7 nitrogen and oxygen atoms in total. The van der Waals surface area contributed by atoms with Crippen LogP contribution in [-0.2, 0) is 45.5 Å². The summed E-state index contributed by atoms with van der Waals surface area (Å²) in [7, 11) is 0.798. The average Bonchev–Trinajstić information content (AvgIpc) is 2.89. The monoisotopic (exact) mass is 538 g/mol. The lowest BCUT2D eigenvalue weighted by Gasteiger charge is -2.32. The third-order valence-corrected chi connectivity index (χ3v) is 6.30. The van der Waals surface area contributed by atoms with Gasteiger partial charge in [0.1, 0.15) is 6.61 Å². The lowest BCUT2D eigenvalue weighted by Crippen LogP contribution is -2.51. The minimum atomic E-state index is -5.08. The molecular formula is C28H33F3O7. The van der Waals surface area contributed by atoms with Gasteiger partial charge in [0.05, 0.1) is 25.0 Å². The van der Waals surface area contributed by atoms with E-state index >= 15 is 0 Å². The quantitative estimate of drug-likeness (QED) is 0.267. The molecule has 0 radical (unpaired) electrons. The highest BCUT2D eigenvalue weighted by molar-refractivity contribution is 5.82. The molecule has 0 amide bonds. The van der Waals surface area contributed by atoms with E-state index in [1.54, 1.807) is 52.0 Å². The van der Waals surface area contributed by atoms with E-state index in [4.69, 9.17) is 18.9 Å². The molecule has 2 aromatic rings. The fourth-order valence-electron chi connectivity index (χ4n) is 4.32. The number of carbonyl (C=O) groups excluding carboxylic acids is 3. The first-order valence-electron chi connectivity index (χ1n) is 12.2. The van der Waals surface area contributed by atoms with Gasteiger partial charge in [-0.2, -0.15) is 13.2 Å². The molecule has 0 bridgehead atoms. The van der Waals surface area contributed by atoms with Crippen molar-refractivity contribution in [2.45, 2.75) is 52.0 Å². The summed E-state index contributed by atoms with van der Waals surface area (Å²) in [5.74, 6) is -4.51. The molecule has 0 aromatic heterocycles. The number of halogens is 3. The first kappa shape index (κ1) is 30.8. The molecule has 3 atom stereocenters. The van der Waals surface area contributed by atoms with Gasteiger partial charge in [-0.3, -0.25) is 9.59 Å². The molecule has 2 aromatic carbocycles. The second-order valence-electron chi connectivity index (χ2n) is 8.67. The Balaban J connectivity index is 2.29. The molecule has 2 rings (SSSR count). The summed E-state index contributed by atoms with van der Waals surface area (Å²) in [6.45, 7) is 6.56. The average molecular weight is 539 g/mol. The van der Waals surface area contributed by atoms with Crippen molar-refractivity contribution in [1.29, 1.82) is 0 Å². The number of alkyl halides is 3. The first-order chi connectivity index (χ1) is 17.9. The second-order valence-corrected chi connectivity index (χ2v) is 8.67. The zero-order chi connectivity index (χ0) is 28.5. The normalized spacial score (nSPS) is 15.5. The standard InChI is InChI=1S/C28H33F3O7/c1-6-36-24(32)18(3)23(19(4)25(33)37-7-2)21-15-13-20(14-16-21)17-38-26(34)27(35-5,28(29,30)31)22-11-9-8-10-12-22/h8-16,18-19,23H,6-7,17H2,1-5H3. The van der Waals surface area contributed by atoms with Crippen LogP contribution < -0.4 is 0 Å². The SMILES string of the molecule is CCOC(=O)C(C)C(c1ccc(COC(=O)C(OC)(c2ccccc2)C(F)(F)F)cc1)C(C)C(=O)OCC. The number of hydrogen-bond donors (Lipinski definition) is 0. The largest absolute Gasteiger partial charge is 0.466 e. The molecule has 0 heterocycles. The Labute approximate surface area is 220 Å². The van der Waals surface area contributed by atoms with Crippen molar-refractivity contribution in [1.82, 2.24) is 0 Å². The summed E-state index contributed by atoms with van der Waals surface area (Å²) >= 11 is 0. The van der Waals surface area contributed by atoms with Crippen molar-refractivity contribution < 1.29 is 46.5 Å². The third kappa shape index (κ3) is 6.72. The molecule has 0 spiro atoms. The van der Waals surface area contributed by atoms with Crippen LogP contribution in [0.2, 0.25) is 0 Å². The van der Waals surface area contributed by atoms with E-state index in [2.05, 4.69) is 0 Å². The fraction of sp³-hybridized carbons (Fsp3) is 0.464. The smallest absolute Gasteiger partial charge is 0.432 e. The van der Waals surface area contributed by atoms with Gasteiger partial charge in [0.15, 0.2) is 0 Å². The molecule has 0 aliphatic rings. The summed E-state index contributed by atoms with van der Waals surface area (Å²) in [6.07, 6.45) is -5.08.